The summed E-state index contributed by atoms with van der Waals surface area (Å²) in [6, 6.07) is 14.0. The lowest BCUT2D eigenvalue weighted by molar-refractivity contribution is 0.543. The van der Waals surface area contributed by atoms with Crippen LogP contribution in [0.3, 0.4) is 0 Å². The number of benzene rings is 2. The van der Waals surface area contributed by atoms with E-state index in [1.807, 2.05) is 24.0 Å². The number of oxazole rings is 1. The first-order chi connectivity index (χ1) is 14.5. The van der Waals surface area contributed by atoms with Gasteiger partial charge in [-0.05, 0) is 61.2 Å². The molecule has 1 fully saturated rings. The van der Waals surface area contributed by atoms with Crippen LogP contribution >= 0.6 is 11.6 Å². The van der Waals surface area contributed by atoms with Crippen LogP contribution < -0.4 is 4.90 Å². The van der Waals surface area contributed by atoms with Crippen LogP contribution in [0, 0.1) is 0 Å². The molecule has 0 saturated carbocycles. The van der Waals surface area contributed by atoms with E-state index in [-0.39, 0.29) is 15.8 Å². The molecule has 0 spiro atoms. The third kappa shape index (κ3) is 4.25. The van der Waals surface area contributed by atoms with Gasteiger partial charge >= 0.3 is 0 Å². The molecule has 30 heavy (non-hydrogen) atoms. The summed E-state index contributed by atoms with van der Waals surface area (Å²) in [6.45, 7) is 3.55. The highest BCUT2D eigenvalue weighted by Crippen LogP contribution is 2.36. The Kier molecular flexibility index (Phi) is 6.16. The van der Waals surface area contributed by atoms with Crippen molar-refractivity contribution in [2.75, 3.05) is 18.0 Å². The average Bonchev–Trinajstić information content (AvgIpc) is 3.04. The van der Waals surface area contributed by atoms with Crippen LogP contribution in [-0.2, 0) is 16.3 Å². The summed E-state index contributed by atoms with van der Waals surface area (Å²) in [5.74, 6) is 0.621. The number of hydrogen-bond acceptors (Lipinski definition) is 5. The highest BCUT2D eigenvalue weighted by Gasteiger charge is 2.31. The summed E-state index contributed by atoms with van der Waals surface area (Å²) in [7, 11) is -3.82. The molecule has 0 bridgehead atoms. The van der Waals surface area contributed by atoms with Gasteiger partial charge in [0, 0.05) is 23.7 Å². The summed E-state index contributed by atoms with van der Waals surface area (Å²) in [4.78, 5) is 6.72. The molecule has 4 rings (SSSR count). The summed E-state index contributed by atoms with van der Waals surface area (Å²) in [5.41, 5.74) is 1.78. The maximum absolute atomic E-state index is 13.5. The fourth-order valence-electron chi connectivity index (χ4n) is 3.68. The SMILES string of the molecule is CCc1ccc(S(=O)(=O)c2nc(-c3ccc(Cl)cc3)oc2N2CCCCCC2)cc1. The number of aryl methyl sites for hydroxylation is 1. The van der Waals surface area contributed by atoms with Crippen LogP contribution in [-0.4, -0.2) is 26.5 Å². The number of halogens is 1. The molecule has 2 aromatic carbocycles. The smallest absolute Gasteiger partial charge is 0.236 e. The lowest BCUT2D eigenvalue weighted by atomic mass is 10.2. The highest BCUT2D eigenvalue weighted by atomic mass is 35.5. The molecule has 0 atom stereocenters. The molecule has 1 aromatic heterocycles. The van der Waals surface area contributed by atoms with E-state index in [1.165, 1.54) is 0 Å². The zero-order valence-corrected chi connectivity index (χ0v) is 18.5. The van der Waals surface area contributed by atoms with E-state index in [0.29, 0.717) is 16.5 Å². The van der Waals surface area contributed by atoms with Crippen LogP contribution in [0.2, 0.25) is 5.02 Å². The zero-order chi connectivity index (χ0) is 21.1. The fraction of sp³-hybridized carbons (Fsp3) is 0.348. The third-order valence-electron chi connectivity index (χ3n) is 5.46. The maximum atomic E-state index is 13.5. The topological polar surface area (TPSA) is 63.4 Å². The molecule has 0 aliphatic carbocycles. The van der Waals surface area contributed by atoms with E-state index < -0.39 is 9.84 Å². The van der Waals surface area contributed by atoms with Gasteiger partial charge in [0.15, 0.2) is 0 Å². The van der Waals surface area contributed by atoms with Gasteiger partial charge in [-0.1, -0.05) is 43.5 Å². The summed E-state index contributed by atoms with van der Waals surface area (Å²) < 4.78 is 33.1. The van der Waals surface area contributed by atoms with Gasteiger partial charge in [0.05, 0.1) is 4.90 Å². The van der Waals surface area contributed by atoms with Crippen molar-refractivity contribution in [2.24, 2.45) is 0 Å². The quantitative estimate of drug-likeness (QED) is 0.499. The Morgan fingerprint density at radius 3 is 2.20 bits per heavy atom. The molecular weight excluding hydrogens is 420 g/mol. The standard InChI is InChI=1S/C23H25ClN2O3S/c1-2-17-7-13-20(14-8-17)30(27,28)22-23(26-15-5-3-4-6-16-26)29-21(25-22)18-9-11-19(24)12-10-18/h7-14H,2-6,15-16H2,1H3. The maximum Gasteiger partial charge on any atom is 0.236 e. The predicted octanol–water partition coefficient (Wildman–Crippen LogP) is 5.77. The molecule has 0 amide bonds. The van der Waals surface area contributed by atoms with Gasteiger partial charge in [-0.15, -0.1) is 0 Å². The van der Waals surface area contributed by atoms with Crippen molar-refractivity contribution in [2.45, 2.75) is 48.9 Å². The molecule has 0 N–H and O–H groups in total. The Labute approximate surface area is 182 Å². The number of rotatable bonds is 5. The van der Waals surface area contributed by atoms with Crippen LogP contribution in [0.4, 0.5) is 5.88 Å². The summed E-state index contributed by atoms with van der Waals surface area (Å²) in [5, 5.41) is 0.584. The monoisotopic (exact) mass is 444 g/mol. The Hall–Kier alpha value is -2.31. The first-order valence-electron chi connectivity index (χ1n) is 10.3. The van der Waals surface area contributed by atoms with Crippen LogP contribution in [0.1, 0.15) is 38.2 Å². The van der Waals surface area contributed by atoms with E-state index in [2.05, 4.69) is 4.98 Å². The van der Waals surface area contributed by atoms with Crippen molar-refractivity contribution in [3.05, 3.63) is 59.1 Å². The minimum atomic E-state index is -3.82. The van der Waals surface area contributed by atoms with Gasteiger partial charge in [-0.3, -0.25) is 0 Å². The molecule has 0 radical (unpaired) electrons. The van der Waals surface area contributed by atoms with Crippen molar-refractivity contribution < 1.29 is 12.8 Å². The van der Waals surface area contributed by atoms with Gasteiger partial charge in [0.25, 0.3) is 0 Å². The summed E-state index contributed by atoms with van der Waals surface area (Å²) in [6.07, 6.45) is 5.12. The van der Waals surface area contributed by atoms with E-state index in [0.717, 1.165) is 50.8 Å². The molecule has 158 valence electrons. The Morgan fingerprint density at radius 1 is 0.967 bits per heavy atom. The number of hydrogen-bond donors (Lipinski definition) is 0. The molecule has 5 nitrogen and oxygen atoms in total. The number of anilines is 1. The van der Waals surface area contributed by atoms with Crippen molar-refractivity contribution in [3.8, 4) is 11.5 Å². The van der Waals surface area contributed by atoms with Crippen LogP contribution in [0.15, 0.2) is 62.9 Å². The summed E-state index contributed by atoms with van der Waals surface area (Å²) >= 11 is 6.00. The first-order valence-corrected chi connectivity index (χ1v) is 12.2. The fourth-order valence-corrected chi connectivity index (χ4v) is 5.13. The van der Waals surface area contributed by atoms with Gasteiger partial charge in [-0.25, -0.2) is 8.42 Å². The second kappa shape index (κ2) is 8.82. The van der Waals surface area contributed by atoms with Crippen LogP contribution in [0.5, 0.6) is 0 Å². The molecule has 1 aliphatic rings. The molecule has 3 aromatic rings. The van der Waals surface area contributed by atoms with Gasteiger partial charge in [-0.2, -0.15) is 4.98 Å². The Balaban J connectivity index is 1.82. The number of nitrogens with zero attached hydrogens (tertiary/aromatic N) is 2. The zero-order valence-electron chi connectivity index (χ0n) is 17.0. The lowest BCUT2D eigenvalue weighted by Gasteiger charge is -2.20. The second-order valence-electron chi connectivity index (χ2n) is 7.54. The van der Waals surface area contributed by atoms with Crippen molar-refractivity contribution in [1.82, 2.24) is 4.98 Å². The Morgan fingerprint density at radius 2 is 1.60 bits per heavy atom. The molecular formula is C23H25ClN2O3S. The average molecular weight is 445 g/mol. The molecule has 1 aliphatic heterocycles. The minimum absolute atomic E-state index is 0.0152. The molecule has 2 heterocycles. The van der Waals surface area contributed by atoms with Crippen molar-refractivity contribution in [3.63, 3.8) is 0 Å². The van der Waals surface area contributed by atoms with Gasteiger partial charge in [0.1, 0.15) is 0 Å². The number of sulfone groups is 1. The van der Waals surface area contributed by atoms with Crippen molar-refractivity contribution >= 4 is 27.3 Å². The van der Waals surface area contributed by atoms with E-state index in [4.69, 9.17) is 16.0 Å². The second-order valence-corrected chi connectivity index (χ2v) is 9.84. The Bertz CT molecular complexity index is 1100. The first kappa shape index (κ1) is 20.9. The van der Waals surface area contributed by atoms with E-state index in [1.54, 1.807) is 36.4 Å². The largest absolute Gasteiger partial charge is 0.419 e. The highest BCUT2D eigenvalue weighted by molar-refractivity contribution is 7.91. The van der Waals surface area contributed by atoms with E-state index >= 15 is 0 Å². The lowest BCUT2D eigenvalue weighted by Crippen LogP contribution is -2.25. The molecule has 7 heteroatoms. The predicted molar refractivity (Wildman–Crippen MR) is 119 cm³/mol. The van der Waals surface area contributed by atoms with Crippen molar-refractivity contribution in [1.29, 1.82) is 0 Å². The number of aromatic nitrogens is 1. The molecule has 0 unspecified atom stereocenters. The third-order valence-corrected chi connectivity index (χ3v) is 7.38. The van der Waals surface area contributed by atoms with E-state index in [9.17, 15) is 8.42 Å². The van der Waals surface area contributed by atoms with Gasteiger partial charge in [0.2, 0.25) is 26.6 Å². The van der Waals surface area contributed by atoms with Gasteiger partial charge < -0.3 is 9.32 Å². The normalized spacial score (nSPS) is 15.2. The minimum Gasteiger partial charge on any atom is -0.419 e. The molecule has 1 saturated heterocycles. The van der Waals surface area contributed by atoms with Crippen LogP contribution in [0.25, 0.3) is 11.5 Å².